The van der Waals surface area contributed by atoms with Gasteiger partial charge < -0.3 is 4.74 Å². The summed E-state index contributed by atoms with van der Waals surface area (Å²) in [5, 5.41) is 0. The molecule has 0 spiro atoms. The highest BCUT2D eigenvalue weighted by Gasteiger charge is 2.20. The minimum Gasteiger partial charge on any atom is -0.494 e. The Morgan fingerprint density at radius 3 is 2.62 bits per heavy atom. The largest absolute Gasteiger partial charge is 0.494 e. The lowest BCUT2D eigenvalue weighted by Crippen LogP contribution is -2.08. The smallest absolute Gasteiger partial charge is 0.201 e. The fraction of sp³-hybridized carbons (Fsp3) is 0.619. The number of hydrogen-bond acceptors (Lipinski definition) is 1. The summed E-state index contributed by atoms with van der Waals surface area (Å²) in [6.07, 6.45) is 11.4. The van der Waals surface area contributed by atoms with Crippen LogP contribution in [0.25, 0.3) is 5.57 Å². The fourth-order valence-electron chi connectivity index (χ4n) is 3.72. The van der Waals surface area contributed by atoms with Crippen molar-refractivity contribution in [2.75, 3.05) is 7.11 Å². The van der Waals surface area contributed by atoms with E-state index in [1.165, 1.54) is 45.3 Å². The van der Waals surface area contributed by atoms with Gasteiger partial charge in [-0.3, -0.25) is 0 Å². The molecule has 0 N–H and O–H groups in total. The van der Waals surface area contributed by atoms with Crippen LogP contribution in [0.4, 0.5) is 8.78 Å². The first-order valence-corrected chi connectivity index (χ1v) is 9.28. The van der Waals surface area contributed by atoms with Crippen LogP contribution in [0.1, 0.15) is 70.8 Å². The fourth-order valence-corrected chi connectivity index (χ4v) is 3.72. The van der Waals surface area contributed by atoms with Crippen molar-refractivity contribution >= 4 is 5.57 Å². The van der Waals surface area contributed by atoms with Crippen molar-refractivity contribution in [2.45, 2.75) is 65.2 Å². The zero-order valence-electron chi connectivity index (χ0n) is 15.2. The molecule has 0 saturated carbocycles. The summed E-state index contributed by atoms with van der Waals surface area (Å²) in [6.45, 7) is 4.58. The molecule has 2 unspecified atom stereocenters. The molecular formula is C21H30F2O. The summed E-state index contributed by atoms with van der Waals surface area (Å²) in [7, 11) is 1.35. The van der Waals surface area contributed by atoms with Crippen molar-refractivity contribution in [1.29, 1.82) is 0 Å². The molecule has 0 fully saturated rings. The lowest BCUT2D eigenvalue weighted by Gasteiger charge is -2.23. The van der Waals surface area contributed by atoms with E-state index in [1.54, 1.807) is 6.07 Å². The van der Waals surface area contributed by atoms with E-state index in [2.05, 4.69) is 19.9 Å². The molecular weight excluding hydrogens is 306 g/mol. The van der Waals surface area contributed by atoms with Crippen LogP contribution in [0.15, 0.2) is 18.2 Å². The Balaban J connectivity index is 1.90. The van der Waals surface area contributed by atoms with E-state index in [9.17, 15) is 8.78 Å². The van der Waals surface area contributed by atoms with Crippen LogP contribution in [0, 0.1) is 23.5 Å². The zero-order valence-corrected chi connectivity index (χ0v) is 15.2. The van der Waals surface area contributed by atoms with E-state index in [1.807, 2.05) is 0 Å². The molecule has 1 aliphatic rings. The lowest BCUT2D eigenvalue weighted by molar-refractivity contribution is 0.370. The Kier molecular flexibility index (Phi) is 7.26. The Hall–Kier alpha value is -1.38. The van der Waals surface area contributed by atoms with Gasteiger partial charge in [-0.15, -0.1) is 0 Å². The molecule has 0 heterocycles. The molecule has 1 nitrogen and oxygen atoms in total. The third-order valence-electron chi connectivity index (χ3n) is 5.22. The summed E-state index contributed by atoms with van der Waals surface area (Å²) in [5.41, 5.74) is 1.33. The SMILES string of the molecule is CCCC(C)CCCC1CC=C(c2ccc(OC)c(F)c2F)CC1. The minimum absolute atomic E-state index is 0.0354. The molecule has 2 atom stereocenters. The van der Waals surface area contributed by atoms with E-state index in [0.717, 1.165) is 30.8 Å². The average molecular weight is 336 g/mol. The quantitative estimate of drug-likeness (QED) is 0.509. The van der Waals surface area contributed by atoms with Gasteiger partial charge in [0, 0.05) is 5.56 Å². The number of allylic oxidation sites excluding steroid dienone is 2. The van der Waals surface area contributed by atoms with E-state index in [4.69, 9.17) is 4.74 Å². The third kappa shape index (κ3) is 4.81. The maximum atomic E-state index is 14.2. The van der Waals surface area contributed by atoms with Crippen molar-refractivity contribution in [3.63, 3.8) is 0 Å². The van der Waals surface area contributed by atoms with Crippen molar-refractivity contribution in [1.82, 2.24) is 0 Å². The summed E-state index contributed by atoms with van der Waals surface area (Å²) in [5.74, 6) is -0.197. The number of halogens is 2. The van der Waals surface area contributed by atoms with Crippen LogP contribution in [0.5, 0.6) is 5.75 Å². The average Bonchev–Trinajstić information content (AvgIpc) is 2.58. The highest BCUT2D eigenvalue weighted by atomic mass is 19.2. The van der Waals surface area contributed by atoms with Gasteiger partial charge in [-0.25, -0.2) is 4.39 Å². The molecule has 1 aromatic rings. The number of hydrogen-bond donors (Lipinski definition) is 0. The van der Waals surface area contributed by atoms with Gasteiger partial charge in [0.05, 0.1) is 7.11 Å². The van der Waals surface area contributed by atoms with E-state index in [-0.39, 0.29) is 5.75 Å². The monoisotopic (exact) mass is 336 g/mol. The highest BCUT2D eigenvalue weighted by molar-refractivity contribution is 5.67. The predicted octanol–water partition coefficient (Wildman–Crippen LogP) is 6.76. The summed E-state index contributed by atoms with van der Waals surface area (Å²) in [6, 6.07) is 3.14. The first kappa shape index (κ1) is 19.0. The molecule has 0 bridgehead atoms. The lowest BCUT2D eigenvalue weighted by atomic mass is 9.83. The Labute approximate surface area is 145 Å². The van der Waals surface area contributed by atoms with Crippen molar-refractivity contribution < 1.29 is 13.5 Å². The molecule has 24 heavy (non-hydrogen) atoms. The first-order valence-electron chi connectivity index (χ1n) is 9.28. The second-order valence-electron chi connectivity index (χ2n) is 7.14. The van der Waals surface area contributed by atoms with E-state index < -0.39 is 11.6 Å². The van der Waals surface area contributed by atoms with E-state index in [0.29, 0.717) is 11.5 Å². The maximum Gasteiger partial charge on any atom is 0.201 e. The Morgan fingerprint density at radius 1 is 1.21 bits per heavy atom. The van der Waals surface area contributed by atoms with Gasteiger partial charge in [0.1, 0.15) is 0 Å². The van der Waals surface area contributed by atoms with Gasteiger partial charge in [0.15, 0.2) is 11.6 Å². The topological polar surface area (TPSA) is 9.23 Å². The minimum atomic E-state index is -0.886. The van der Waals surface area contributed by atoms with Crippen LogP contribution in [-0.2, 0) is 0 Å². The normalized spacial score (nSPS) is 19.0. The molecule has 1 aliphatic carbocycles. The molecule has 2 rings (SSSR count). The van der Waals surface area contributed by atoms with Gasteiger partial charge in [-0.05, 0) is 48.8 Å². The molecule has 0 radical (unpaired) electrons. The highest BCUT2D eigenvalue weighted by Crippen LogP contribution is 2.36. The van der Waals surface area contributed by atoms with Gasteiger partial charge in [0.25, 0.3) is 0 Å². The number of benzene rings is 1. The Bertz CT molecular complexity index is 565. The van der Waals surface area contributed by atoms with Crippen molar-refractivity contribution in [2.24, 2.45) is 11.8 Å². The zero-order chi connectivity index (χ0) is 17.5. The van der Waals surface area contributed by atoms with Crippen LogP contribution in [-0.4, -0.2) is 7.11 Å². The molecule has 3 heteroatoms. The predicted molar refractivity (Wildman–Crippen MR) is 96.2 cm³/mol. The molecule has 0 aliphatic heterocycles. The van der Waals surface area contributed by atoms with Crippen LogP contribution in [0.2, 0.25) is 0 Å². The van der Waals surface area contributed by atoms with Gasteiger partial charge in [-0.1, -0.05) is 52.0 Å². The summed E-state index contributed by atoms with van der Waals surface area (Å²) in [4.78, 5) is 0. The number of rotatable bonds is 8. The number of methoxy groups -OCH3 is 1. The maximum absolute atomic E-state index is 14.2. The van der Waals surface area contributed by atoms with Gasteiger partial charge in [0.2, 0.25) is 5.82 Å². The second-order valence-corrected chi connectivity index (χ2v) is 7.14. The van der Waals surface area contributed by atoms with Crippen molar-refractivity contribution in [3.05, 3.63) is 35.4 Å². The van der Waals surface area contributed by atoms with E-state index >= 15 is 0 Å². The van der Waals surface area contributed by atoms with Crippen LogP contribution < -0.4 is 4.74 Å². The molecule has 1 aromatic carbocycles. The van der Waals surface area contributed by atoms with Gasteiger partial charge in [-0.2, -0.15) is 4.39 Å². The van der Waals surface area contributed by atoms with Crippen LogP contribution in [0.3, 0.4) is 0 Å². The standard InChI is InChI=1S/C21H30F2O/c1-4-6-15(2)7-5-8-16-9-11-17(12-10-16)18-13-14-19(24-3)21(23)20(18)22/h11,13-16H,4-10,12H2,1-3H3. The second kappa shape index (κ2) is 9.19. The first-order chi connectivity index (χ1) is 11.6. The molecule has 0 saturated heterocycles. The van der Waals surface area contributed by atoms with Crippen molar-refractivity contribution in [3.8, 4) is 5.75 Å². The number of ether oxygens (including phenoxy) is 1. The molecule has 0 amide bonds. The van der Waals surface area contributed by atoms with Crippen LogP contribution >= 0.6 is 0 Å². The Morgan fingerprint density at radius 2 is 2.00 bits per heavy atom. The summed E-state index contributed by atoms with van der Waals surface area (Å²) < 4.78 is 32.9. The molecule has 134 valence electrons. The molecule has 0 aromatic heterocycles. The van der Waals surface area contributed by atoms with Gasteiger partial charge >= 0.3 is 0 Å². The third-order valence-corrected chi connectivity index (χ3v) is 5.22. The summed E-state index contributed by atoms with van der Waals surface area (Å²) >= 11 is 0.